The largest absolute Gasteiger partial charge is 0.506 e. The van der Waals surface area contributed by atoms with E-state index in [4.69, 9.17) is 0 Å². The number of aliphatic hydroxyl groups excluding tert-OH is 1. The van der Waals surface area contributed by atoms with Crippen molar-refractivity contribution in [3.8, 4) is 0 Å². The summed E-state index contributed by atoms with van der Waals surface area (Å²) in [6.07, 6.45) is -3.60. The van der Waals surface area contributed by atoms with Crippen LogP contribution >= 0.6 is 0 Å². The number of hydrogen-bond acceptors (Lipinski definition) is 4. The lowest BCUT2D eigenvalue weighted by Gasteiger charge is -2.31. The Morgan fingerprint density at radius 2 is 1.76 bits per heavy atom. The maximum atomic E-state index is 13.0. The number of aryl methyl sites for hydroxylation is 1. The van der Waals surface area contributed by atoms with Gasteiger partial charge in [0.1, 0.15) is 17.2 Å². The number of hydrogen-bond donors (Lipinski definition) is 1. The molecule has 25 heavy (non-hydrogen) atoms. The van der Waals surface area contributed by atoms with Gasteiger partial charge in [0.05, 0.1) is 5.56 Å². The van der Waals surface area contributed by atoms with E-state index in [2.05, 4.69) is 4.98 Å². The van der Waals surface area contributed by atoms with E-state index in [0.29, 0.717) is 5.56 Å². The summed E-state index contributed by atoms with van der Waals surface area (Å²) >= 11 is 0. The first kappa shape index (κ1) is 17.3. The number of alkyl halides is 3. The van der Waals surface area contributed by atoms with Crippen LogP contribution in [-0.2, 0) is 10.0 Å². The van der Waals surface area contributed by atoms with E-state index in [1.807, 2.05) is 0 Å². The molecule has 1 N–H and O–H groups in total. The highest BCUT2D eigenvalue weighted by Gasteiger charge is 2.44. The fourth-order valence-corrected chi connectivity index (χ4v) is 4.44. The molecule has 0 bridgehead atoms. The van der Waals surface area contributed by atoms with Gasteiger partial charge in [0.2, 0.25) is 0 Å². The molecule has 2 aromatic rings. The Bertz CT molecular complexity index is 969. The molecule has 5 nitrogen and oxygen atoms in total. The summed E-state index contributed by atoms with van der Waals surface area (Å²) in [6, 6.07) is 8.99. The van der Waals surface area contributed by atoms with Crippen LogP contribution in [0.5, 0.6) is 0 Å². The second-order valence-corrected chi connectivity index (χ2v) is 7.29. The average Bonchev–Trinajstić information content (AvgIpc) is 2.52. The van der Waals surface area contributed by atoms with Crippen LogP contribution in [0.25, 0.3) is 10.7 Å². The van der Waals surface area contributed by atoms with Crippen LogP contribution in [0, 0.1) is 6.92 Å². The number of aliphatic hydroxyl groups is 1. The minimum Gasteiger partial charge on any atom is -0.506 e. The summed E-state index contributed by atoms with van der Waals surface area (Å²) in [5.41, 5.74) is 0.577. The first-order valence-electron chi connectivity index (χ1n) is 7.17. The molecule has 0 spiro atoms. The van der Waals surface area contributed by atoms with Gasteiger partial charge < -0.3 is 5.11 Å². The maximum absolute atomic E-state index is 13.0. The zero-order valence-electron chi connectivity index (χ0n) is 12.9. The predicted octanol–water partition coefficient (Wildman–Crippen LogP) is 3.49. The van der Waals surface area contributed by atoms with Crippen molar-refractivity contribution in [1.82, 2.24) is 4.98 Å². The Balaban J connectivity index is 2.33. The molecule has 132 valence electrons. The topological polar surface area (TPSA) is 70.5 Å². The molecule has 9 heteroatoms. The van der Waals surface area contributed by atoms with E-state index < -0.39 is 39.2 Å². The van der Waals surface area contributed by atoms with Gasteiger partial charge in [-0.3, -0.25) is 0 Å². The van der Waals surface area contributed by atoms with Crippen LogP contribution in [0.2, 0.25) is 0 Å². The Labute approximate surface area is 142 Å². The van der Waals surface area contributed by atoms with Crippen LogP contribution in [-0.4, -0.2) is 31.2 Å². The number of nitrogens with zero attached hydrogens (tertiary/aromatic N) is 2. The second-order valence-electron chi connectivity index (χ2n) is 5.49. The molecular weight excluding hydrogens is 357 g/mol. The monoisotopic (exact) mass is 370 g/mol. The van der Waals surface area contributed by atoms with Crippen molar-refractivity contribution in [3.05, 3.63) is 59.3 Å². The highest BCUT2D eigenvalue weighted by molar-refractivity contribution is 8.02. The predicted molar refractivity (Wildman–Crippen MR) is 87.2 cm³/mol. The zero-order chi connectivity index (χ0) is 18.4. The van der Waals surface area contributed by atoms with Crippen LogP contribution < -0.4 is 4.31 Å². The fraction of sp³-hybridized carbons (Fsp3) is 0.188. The van der Waals surface area contributed by atoms with E-state index in [0.717, 1.165) is 0 Å². The summed E-state index contributed by atoms with van der Waals surface area (Å²) in [6.45, 7) is -0.125. The van der Waals surface area contributed by atoms with Gasteiger partial charge in [-0.1, -0.05) is 24.3 Å². The standard InChI is InChI=1S/C16H13F3N2O3S/c1-10-5-2-3-6-11(10)14-13(22)12-7-4-8-20-15(12)21(25(14,23)24)9-16(17,18)19/h2-8,22H,9H2,1H3. The van der Waals surface area contributed by atoms with Crippen molar-refractivity contribution in [3.63, 3.8) is 0 Å². The first-order chi connectivity index (χ1) is 11.6. The molecule has 0 saturated carbocycles. The normalized spacial score (nSPS) is 16.7. The van der Waals surface area contributed by atoms with Crippen LogP contribution in [0.3, 0.4) is 0 Å². The molecule has 0 atom stereocenters. The minimum atomic E-state index is -4.77. The fourth-order valence-electron chi connectivity index (χ4n) is 2.67. The van der Waals surface area contributed by atoms with Crippen LogP contribution in [0.4, 0.5) is 19.0 Å². The minimum absolute atomic E-state index is 0.0696. The van der Waals surface area contributed by atoms with Crippen LogP contribution in [0.1, 0.15) is 16.7 Å². The smallest absolute Gasteiger partial charge is 0.407 e. The zero-order valence-corrected chi connectivity index (χ0v) is 13.8. The van der Waals surface area contributed by atoms with E-state index in [1.165, 1.54) is 24.4 Å². The number of rotatable bonds is 2. The maximum Gasteiger partial charge on any atom is 0.407 e. The first-order valence-corrected chi connectivity index (χ1v) is 8.61. The van der Waals surface area contributed by atoms with Gasteiger partial charge >= 0.3 is 6.18 Å². The van der Waals surface area contributed by atoms with Crippen LogP contribution in [0.15, 0.2) is 42.6 Å². The Morgan fingerprint density at radius 1 is 1.12 bits per heavy atom. The molecule has 0 aliphatic carbocycles. The van der Waals surface area contributed by atoms with E-state index in [1.54, 1.807) is 25.1 Å². The third kappa shape index (κ3) is 2.95. The van der Waals surface area contributed by atoms with Gasteiger partial charge in [-0.15, -0.1) is 0 Å². The SMILES string of the molecule is Cc1ccccc1C1=C(O)c2cccnc2N(CC(F)(F)F)S1(=O)=O. The molecule has 1 aliphatic rings. The Morgan fingerprint density at radius 3 is 2.40 bits per heavy atom. The lowest BCUT2D eigenvalue weighted by molar-refractivity contribution is -0.117. The molecular formula is C16H13F3N2O3S. The Hall–Kier alpha value is -2.55. The van der Waals surface area contributed by atoms with Gasteiger partial charge in [-0.05, 0) is 24.6 Å². The highest BCUT2D eigenvalue weighted by Crippen LogP contribution is 2.43. The number of sulfonamides is 1. The van der Waals surface area contributed by atoms with E-state index >= 15 is 0 Å². The van der Waals surface area contributed by atoms with Crippen molar-refractivity contribution in [1.29, 1.82) is 0 Å². The van der Waals surface area contributed by atoms with Gasteiger partial charge in [0, 0.05) is 11.8 Å². The van der Waals surface area contributed by atoms with Gasteiger partial charge in [-0.2, -0.15) is 13.2 Å². The molecule has 1 aromatic heterocycles. The number of fused-ring (bicyclic) bond motifs is 1. The molecule has 0 amide bonds. The molecule has 0 fully saturated rings. The van der Waals surface area contributed by atoms with Gasteiger partial charge in [-0.25, -0.2) is 17.7 Å². The molecule has 0 radical (unpaired) electrons. The van der Waals surface area contributed by atoms with Gasteiger partial charge in [0.25, 0.3) is 10.0 Å². The summed E-state index contributed by atoms with van der Waals surface area (Å²) < 4.78 is 64.9. The lowest BCUT2D eigenvalue weighted by Crippen LogP contribution is -2.42. The average molecular weight is 370 g/mol. The molecule has 1 aliphatic heterocycles. The summed E-state index contributed by atoms with van der Waals surface area (Å²) in [5.74, 6) is -1.06. The van der Waals surface area contributed by atoms with Crippen molar-refractivity contribution in [2.24, 2.45) is 0 Å². The van der Waals surface area contributed by atoms with Crippen molar-refractivity contribution in [2.75, 3.05) is 10.8 Å². The van der Waals surface area contributed by atoms with Crippen molar-refractivity contribution >= 4 is 26.5 Å². The highest BCUT2D eigenvalue weighted by atomic mass is 32.2. The quantitative estimate of drug-likeness (QED) is 0.879. The molecule has 3 rings (SSSR count). The number of anilines is 1. The number of benzene rings is 1. The van der Waals surface area contributed by atoms with E-state index in [9.17, 15) is 26.7 Å². The molecule has 0 saturated heterocycles. The summed E-state index contributed by atoms with van der Waals surface area (Å²) in [7, 11) is -4.66. The molecule has 2 heterocycles. The van der Waals surface area contributed by atoms with Crippen molar-refractivity contribution in [2.45, 2.75) is 13.1 Å². The third-order valence-corrected chi connectivity index (χ3v) is 5.57. The van der Waals surface area contributed by atoms with E-state index in [-0.39, 0.29) is 15.4 Å². The number of halogens is 3. The third-order valence-electron chi connectivity index (χ3n) is 3.75. The molecule has 0 unspecified atom stereocenters. The van der Waals surface area contributed by atoms with Crippen molar-refractivity contribution < 1.29 is 26.7 Å². The molecule has 1 aromatic carbocycles. The summed E-state index contributed by atoms with van der Waals surface area (Å²) in [5, 5.41) is 10.5. The second kappa shape index (κ2) is 5.76. The Kier molecular flexibility index (Phi) is 3.98. The number of pyridine rings is 1. The summed E-state index contributed by atoms with van der Waals surface area (Å²) in [4.78, 5) is 3.17. The number of aromatic nitrogens is 1. The van der Waals surface area contributed by atoms with Gasteiger partial charge in [0.15, 0.2) is 5.82 Å². The lowest BCUT2D eigenvalue weighted by atomic mass is 10.1.